The average molecular weight is 495 g/mol. The number of hydrogen-bond donors (Lipinski definition) is 2. The molecule has 1 aliphatic carbocycles. The zero-order valence-corrected chi connectivity index (χ0v) is 20.9. The van der Waals surface area contributed by atoms with Crippen LogP contribution in [0.1, 0.15) is 52.7 Å². The molecule has 3 N–H and O–H groups in total. The molecule has 1 aliphatic heterocycles. The number of piperidine rings is 1. The van der Waals surface area contributed by atoms with Gasteiger partial charge in [-0.15, -0.1) is 0 Å². The fourth-order valence-electron chi connectivity index (χ4n) is 4.09. The van der Waals surface area contributed by atoms with Crippen LogP contribution in [0.15, 0.2) is 48.2 Å². The first kappa shape index (κ1) is 28.7. The van der Waals surface area contributed by atoms with Crippen LogP contribution in [0.3, 0.4) is 0 Å². The molecule has 194 valence electrons. The molecule has 1 aromatic heterocycles. The number of hydrogen-bond acceptors (Lipinski definition) is 5. The molecule has 2 heterocycles. The third kappa shape index (κ3) is 8.58. The monoisotopic (exact) mass is 494 g/mol. The minimum Gasteiger partial charge on any atom is -0.351 e. The first-order valence-corrected chi connectivity index (χ1v) is 11.9. The van der Waals surface area contributed by atoms with Gasteiger partial charge in [-0.25, -0.2) is 0 Å². The Bertz CT molecular complexity index is 901. The maximum atomic E-state index is 12.3. The number of pyridine rings is 1. The van der Waals surface area contributed by atoms with E-state index < -0.39 is 17.3 Å². The minimum absolute atomic E-state index is 0.108. The molecule has 2 aliphatic rings. The van der Waals surface area contributed by atoms with E-state index in [1.165, 1.54) is 12.1 Å². The van der Waals surface area contributed by atoms with Crippen molar-refractivity contribution in [3.8, 4) is 0 Å². The first-order valence-electron chi connectivity index (χ1n) is 11.9. The van der Waals surface area contributed by atoms with E-state index in [9.17, 15) is 22.8 Å². The van der Waals surface area contributed by atoms with Crippen LogP contribution in [0, 0.1) is 11.3 Å². The lowest BCUT2D eigenvalue weighted by Gasteiger charge is -2.35. The van der Waals surface area contributed by atoms with E-state index >= 15 is 0 Å². The smallest absolute Gasteiger partial charge is 0.351 e. The predicted molar refractivity (Wildman–Crippen MR) is 130 cm³/mol. The number of amides is 1. The summed E-state index contributed by atoms with van der Waals surface area (Å²) in [6.07, 6.45) is 6.28. The van der Waals surface area contributed by atoms with Gasteiger partial charge in [0, 0.05) is 30.2 Å². The van der Waals surface area contributed by atoms with Gasteiger partial charge in [-0.3, -0.25) is 14.7 Å². The van der Waals surface area contributed by atoms with Crippen molar-refractivity contribution in [2.75, 3.05) is 19.6 Å². The van der Waals surface area contributed by atoms with Gasteiger partial charge < -0.3 is 15.8 Å². The van der Waals surface area contributed by atoms with Crippen molar-refractivity contribution < 1.29 is 22.8 Å². The predicted octanol–water partition coefficient (Wildman–Crippen LogP) is 4.13. The molecule has 0 spiro atoms. The minimum atomic E-state index is -4.32. The number of likely N-dealkylation sites (tertiary alicyclic amines) is 1. The van der Waals surface area contributed by atoms with E-state index in [2.05, 4.69) is 15.2 Å². The van der Waals surface area contributed by atoms with Crippen LogP contribution in [0.5, 0.6) is 0 Å². The topological polar surface area (TPSA) is 88.3 Å². The number of carbonyl (C=O) groups excluding carboxylic acids is 2. The summed E-state index contributed by atoms with van der Waals surface area (Å²) in [7, 11) is 0. The number of nitrogens with two attached hydrogens (primary N) is 1. The molecule has 1 saturated heterocycles. The highest BCUT2D eigenvalue weighted by atomic mass is 19.4. The molecule has 2 atom stereocenters. The summed E-state index contributed by atoms with van der Waals surface area (Å²) in [4.78, 5) is 29.2. The Morgan fingerprint density at radius 1 is 1.26 bits per heavy atom. The van der Waals surface area contributed by atoms with E-state index in [1.54, 1.807) is 0 Å². The summed E-state index contributed by atoms with van der Waals surface area (Å²) in [5.74, 6) is 0.279. The summed E-state index contributed by atoms with van der Waals surface area (Å²) in [6.45, 7) is 10.7. The van der Waals surface area contributed by atoms with Crippen molar-refractivity contribution in [3.63, 3.8) is 0 Å². The highest BCUT2D eigenvalue weighted by molar-refractivity contribution is 5.79. The number of rotatable bonds is 5. The van der Waals surface area contributed by atoms with E-state index in [0.717, 1.165) is 56.6 Å². The van der Waals surface area contributed by atoms with Gasteiger partial charge in [0.25, 0.3) is 0 Å². The summed E-state index contributed by atoms with van der Waals surface area (Å²) in [6, 6.07) is 3.41. The molecule has 9 heteroatoms. The number of nitrogens with zero attached hydrogens (tertiary/aromatic N) is 2. The largest absolute Gasteiger partial charge is 0.433 e. The average Bonchev–Trinajstić information content (AvgIpc) is 2.79. The first-order chi connectivity index (χ1) is 16.3. The molecule has 35 heavy (non-hydrogen) atoms. The van der Waals surface area contributed by atoms with Gasteiger partial charge in [0.1, 0.15) is 12.0 Å². The number of carbonyl (C=O) groups is 2. The molecular formula is C26H37F3N4O2. The molecule has 6 nitrogen and oxygen atoms in total. The van der Waals surface area contributed by atoms with Crippen LogP contribution in [0.25, 0.3) is 0 Å². The van der Waals surface area contributed by atoms with Crippen LogP contribution >= 0.6 is 0 Å². The van der Waals surface area contributed by atoms with Crippen LogP contribution < -0.4 is 11.1 Å². The molecule has 0 aromatic carbocycles. The third-order valence-electron chi connectivity index (χ3n) is 6.27. The fraction of sp³-hybridized carbons (Fsp3) is 0.577. The number of halogens is 3. The number of alkyl halides is 3. The van der Waals surface area contributed by atoms with Crippen molar-refractivity contribution in [1.29, 1.82) is 0 Å². The molecule has 0 saturated carbocycles. The Balaban J connectivity index is 0.000000360. The van der Waals surface area contributed by atoms with Gasteiger partial charge in [-0.1, -0.05) is 31.2 Å². The maximum absolute atomic E-state index is 12.3. The molecular weight excluding hydrogens is 457 g/mol. The third-order valence-corrected chi connectivity index (χ3v) is 6.27. The van der Waals surface area contributed by atoms with Crippen LogP contribution in [0.2, 0.25) is 0 Å². The Morgan fingerprint density at radius 2 is 1.91 bits per heavy atom. The quantitative estimate of drug-likeness (QED) is 0.601. The number of nitrogens with one attached hydrogen (secondary N) is 1. The van der Waals surface area contributed by atoms with E-state index in [0.29, 0.717) is 6.42 Å². The molecule has 1 fully saturated rings. The lowest BCUT2D eigenvalue weighted by Crippen LogP contribution is -2.47. The summed E-state index contributed by atoms with van der Waals surface area (Å²) in [5.41, 5.74) is 5.80. The van der Waals surface area contributed by atoms with Crippen LogP contribution in [-0.2, 0) is 15.8 Å². The van der Waals surface area contributed by atoms with Crippen molar-refractivity contribution >= 4 is 12.2 Å². The van der Waals surface area contributed by atoms with E-state index in [1.807, 2.05) is 45.9 Å². The molecule has 0 bridgehead atoms. The normalized spacial score (nSPS) is 23.7. The summed E-state index contributed by atoms with van der Waals surface area (Å²) >= 11 is 0. The molecule has 1 amide bonds. The Morgan fingerprint density at radius 3 is 2.34 bits per heavy atom. The van der Waals surface area contributed by atoms with Gasteiger partial charge >= 0.3 is 6.18 Å². The lowest BCUT2D eigenvalue weighted by atomic mass is 9.75. The Hall–Kier alpha value is -2.52. The van der Waals surface area contributed by atoms with Gasteiger partial charge in [0.05, 0.1) is 5.41 Å². The molecule has 3 rings (SSSR count). The second-order valence-electron chi connectivity index (χ2n) is 10.2. The number of aromatic nitrogens is 1. The maximum Gasteiger partial charge on any atom is 0.433 e. The zero-order valence-electron chi connectivity index (χ0n) is 20.9. The van der Waals surface area contributed by atoms with Crippen molar-refractivity contribution in [2.24, 2.45) is 17.1 Å². The van der Waals surface area contributed by atoms with E-state index in [-0.39, 0.29) is 23.4 Å². The molecule has 0 radical (unpaired) electrons. The highest BCUT2D eigenvalue weighted by Gasteiger charge is 2.34. The number of aldehydes is 1. The van der Waals surface area contributed by atoms with Gasteiger partial charge in [0.15, 0.2) is 0 Å². The van der Waals surface area contributed by atoms with Crippen LogP contribution in [-0.4, -0.2) is 53.3 Å². The summed E-state index contributed by atoms with van der Waals surface area (Å²) in [5, 5.41) is 3.08. The standard InChI is InChI=1S/C20H33N3O2.C6H4F3N/c1-5-20(14-24)9-6-15(12-17(20)21)13-23-10-7-16(8-11-23)18(25)22-19(2,3)4;7-6(8,9)5-3-1-2-4-10-5/h6,9,12,14,16-17H,5,7-8,10-11,13,21H2,1-4H3,(H,22,25);1-4H. The van der Waals surface area contributed by atoms with Gasteiger partial charge in [-0.05, 0) is 70.8 Å². The van der Waals surface area contributed by atoms with Crippen molar-refractivity contribution in [1.82, 2.24) is 15.2 Å². The lowest BCUT2D eigenvalue weighted by molar-refractivity contribution is -0.141. The fourth-order valence-corrected chi connectivity index (χ4v) is 4.09. The van der Waals surface area contributed by atoms with Crippen molar-refractivity contribution in [3.05, 3.63) is 53.9 Å². The zero-order chi connectivity index (χ0) is 26.3. The van der Waals surface area contributed by atoms with Crippen LogP contribution in [0.4, 0.5) is 13.2 Å². The Kier molecular flexibility index (Phi) is 9.80. The molecule has 1 aromatic rings. The second kappa shape index (κ2) is 11.9. The second-order valence-corrected chi connectivity index (χ2v) is 10.2. The van der Waals surface area contributed by atoms with Gasteiger partial charge in [-0.2, -0.15) is 13.2 Å². The van der Waals surface area contributed by atoms with E-state index in [4.69, 9.17) is 5.73 Å². The molecule has 2 unspecified atom stereocenters. The van der Waals surface area contributed by atoms with Gasteiger partial charge in [0.2, 0.25) is 5.91 Å². The SMILES string of the molecule is CCC1(C=O)C=CC(CN2CCC(C(=O)NC(C)(C)C)CC2)=CC1N.FC(F)(F)c1ccccn1. The van der Waals surface area contributed by atoms with Crippen molar-refractivity contribution in [2.45, 2.75) is 64.7 Å². The Labute approximate surface area is 205 Å². The summed E-state index contributed by atoms with van der Waals surface area (Å²) < 4.78 is 35.2. The highest BCUT2D eigenvalue weighted by Crippen LogP contribution is 2.31.